The van der Waals surface area contributed by atoms with Gasteiger partial charge in [-0.1, -0.05) is 70.5 Å². The van der Waals surface area contributed by atoms with Gasteiger partial charge in [0.1, 0.15) is 11.6 Å². The van der Waals surface area contributed by atoms with E-state index in [9.17, 15) is 9.18 Å². The third-order valence-electron chi connectivity index (χ3n) is 4.23. The first kappa shape index (κ1) is 18.3. The van der Waals surface area contributed by atoms with Crippen molar-refractivity contribution in [1.29, 1.82) is 0 Å². The third-order valence-corrected chi connectivity index (χ3v) is 4.88. The van der Waals surface area contributed by atoms with Crippen LogP contribution in [0.25, 0.3) is 11.1 Å². The van der Waals surface area contributed by atoms with Crippen molar-refractivity contribution in [2.45, 2.75) is 18.2 Å². The smallest absolute Gasteiger partial charge is 0.318 e. The second kappa shape index (κ2) is 8.28. The maximum absolute atomic E-state index is 14.5. The summed E-state index contributed by atoms with van der Waals surface area (Å²) in [5, 5.41) is 0.741. The van der Waals surface area contributed by atoms with Crippen molar-refractivity contribution >= 4 is 21.9 Å². The van der Waals surface area contributed by atoms with Crippen LogP contribution in [0.1, 0.15) is 24.0 Å². The van der Waals surface area contributed by atoms with Gasteiger partial charge in [-0.25, -0.2) is 4.39 Å². The molecular formula is C22H18BrFO2. The van der Waals surface area contributed by atoms with Crippen LogP contribution in [0.4, 0.5) is 4.39 Å². The molecule has 0 N–H and O–H groups in total. The molecule has 0 aliphatic heterocycles. The van der Waals surface area contributed by atoms with E-state index < -0.39 is 11.9 Å². The fraction of sp³-hybridized carbons (Fsp3) is 0.136. The first-order valence-electron chi connectivity index (χ1n) is 8.30. The van der Waals surface area contributed by atoms with Gasteiger partial charge in [-0.2, -0.15) is 0 Å². The molecule has 0 bridgehead atoms. The number of benzene rings is 3. The molecule has 0 saturated carbocycles. The summed E-state index contributed by atoms with van der Waals surface area (Å²) in [4.78, 5) is 12.4. The van der Waals surface area contributed by atoms with Gasteiger partial charge in [0.2, 0.25) is 0 Å². The highest BCUT2D eigenvalue weighted by Crippen LogP contribution is 2.27. The molecule has 1 unspecified atom stereocenters. The monoisotopic (exact) mass is 412 g/mol. The highest BCUT2D eigenvalue weighted by atomic mass is 79.9. The zero-order chi connectivity index (χ0) is 18.5. The van der Waals surface area contributed by atoms with Crippen molar-refractivity contribution in [2.24, 2.45) is 0 Å². The molecule has 2 nitrogen and oxygen atoms in total. The summed E-state index contributed by atoms with van der Waals surface area (Å²) < 4.78 is 19.9. The van der Waals surface area contributed by atoms with Gasteiger partial charge in [0, 0.05) is 10.9 Å². The van der Waals surface area contributed by atoms with Crippen molar-refractivity contribution in [3.63, 3.8) is 0 Å². The van der Waals surface area contributed by atoms with Gasteiger partial charge in [-0.3, -0.25) is 4.79 Å². The first-order valence-corrected chi connectivity index (χ1v) is 9.42. The Morgan fingerprint density at radius 3 is 2.35 bits per heavy atom. The molecule has 1 atom stereocenters. The summed E-state index contributed by atoms with van der Waals surface area (Å²) in [6.07, 6.45) is 0. The Hall–Kier alpha value is -2.46. The number of ether oxygens (including phenoxy) is 1. The second-order valence-corrected chi connectivity index (χ2v) is 6.59. The van der Waals surface area contributed by atoms with Gasteiger partial charge in [0.15, 0.2) is 0 Å². The summed E-state index contributed by atoms with van der Waals surface area (Å²) in [6.45, 7) is 1.71. The molecule has 0 amide bonds. The minimum Gasteiger partial charge on any atom is -0.426 e. The minimum absolute atomic E-state index is 0.352. The van der Waals surface area contributed by atoms with Crippen LogP contribution in [0.3, 0.4) is 0 Å². The zero-order valence-electron chi connectivity index (χ0n) is 14.3. The quantitative estimate of drug-likeness (QED) is 0.287. The average molecular weight is 413 g/mol. The number of esters is 1. The summed E-state index contributed by atoms with van der Waals surface area (Å²) in [6, 6.07) is 21.5. The van der Waals surface area contributed by atoms with Crippen LogP contribution in [-0.4, -0.2) is 5.97 Å². The van der Waals surface area contributed by atoms with Crippen LogP contribution in [-0.2, 0) is 10.1 Å². The predicted molar refractivity (Wildman–Crippen MR) is 105 cm³/mol. The Morgan fingerprint density at radius 2 is 1.73 bits per heavy atom. The highest BCUT2D eigenvalue weighted by Gasteiger charge is 2.19. The Labute approximate surface area is 160 Å². The first-order chi connectivity index (χ1) is 12.6. The lowest BCUT2D eigenvalue weighted by atomic mass is 9.97. The van der Waals surface area contributed by atoms with E-state index in [4.69, 9.17) is 4.74 Å². The molecule has 0 heterocycles. The van der Waals surface area contributed by atoms with Crippen molar-refractivity contribution < 1.29 is 13.9 Å². The summed E-state index contributed by atoms with van der Waals surface area (Å²) in [5.41, 5.74) is 3.00. The normalized spacial score (nSPS) is 11.8. The molecule has 0 saturated heterocycles. The molecule has 0 aliphatic carbocycles. The number of carbonyl (C=O) groups is 1. The van der Waals surface area contributed by atoms with Crippen LogP contribution in [0.15, 0.2) is 72.8 Å². The van der Waals surface area contributed by atoms with Gasteiger partial charge in [-0.05, 0) is 41.8 Å². The van der Waals surface area contributed by atoms with Crippen LogP contribution in [0, 0.1) is 5.82 Å². The van der Waals surface area contributed by atoms with E-state index in [0.717, 1.165) is 16.5 Å². The van der Waals surface area contributed by atoms with E-state index in [0.29, 0.717) is 16.9 Å². The number of alkyl halides is 1. The topological polar surface area (TPSA) is 26.3 Å². The van der Waals surface area contributed by atoms with E-state index in [1.165, 1.54) is 6.07 Å². The average Bonchev–Trinajstić information content (AvgIpc) is 2.68. The van der Waals surface area contributed by atoms with Gasteiger partial charge in [0.25, 0.3) is 0 Å². The molecule has 4 heteroatoms. The summed E-state index contributed by atoms with van der Waals surface area (Å²) >= 11 is 3.37. The molecule has 3 aromatic carbocycles. The predicted octanol–water partition coefficient (Wildman–Crippen LogP) is 6.10. The molecular weight excluding hydrogens is 395 g/mol. The minimum atomic E-state index is -0.565. The van der Waals surface area contributed by atoms with Gasteiger partial charge in [-0.15, -0.1) is 0 Å². The Bertz CT molecular complexity index is 892. The van der Waals surface area contributed by atoms with Crippen LogP contribution < -0.4 is 4.74 Å². The van der Waals surface area contributed by atoms with E-state index in [2.05, 4.69) is 15.9 Å². The third kappa shape index (κ3) is 4.20. The van der Waals surface area contributed by atoms with E-state index in [1.807, 2.05) is 42.5 Å². The van der Waals surface area contributed by atoms with Gasteiger partial charge < -0.3 is 4.74 Å². The molecule has 0 aliphatic rings. The van der Waals surface area contributed by atoms with E-state index in [1.54, 1.807) is 31.2 Å². The van der Waals surface area contributed by atoms with Crippen molar-refractivity contribution in [2.75, 3.05) is 0 Å². The lowest BCUT2D eigenvalue weighted by Gasteiger charge is -2.13. The lowest BCUT2D eigenvalue weighted by molar-refractivity contribution is -0.135. The molecule has 0 fully saturated rings. The molecule has 26 heavy (non-hydrogen) atoms. The SMILES string of the molecule is CC(C(=O)Oc1ccc(CBr)cc1)c1ccc(-c2ccccc2)c(F)c1. The number of rotatable bonds is 5. The van der Waals surface area contributed by atoms with Crippen LogP contribution in [0.5, 0.6) is 5.75 Å². The maximum atomic E-state index is 14.5. The number of carbonyl (C=O) groups excluding carboxylic acids is 1. The molecule has 3 rings (SSSR count). The van der Waals surface area contributed by atoms with Crippen molar-refractivity contribution in [3.8, 4) is 16.9 Å². The van der Waals surface area contributed by atoms with E-state index in [-0.39, 0.29) is 5.82 Å². The number of hydrogen-bond acceptors (Lipinski definition) is 2. The standard InChI is InChI=1S/C22H18BrFO2/c1-15(22(25)26-19-10-7-16(14-23)8-11-19)18-9-12-20(21(24)13-18)17-5-3-2-4-6-17/h2-13,15H,14H2,1H3. The van der Waals surface area contributed by atoms with Gasteiger partial charge in [0.05, 0.1) is 5.92 Å². The fourth-order valence-electron chi connectivity index (χ4n) is 2.64. The Balaban J connectivity index is 1.75. The largest absolute Gasteiger partial charge is 0.426 e. The maximum Gasteiger partial charge on any atom is 0.318 e. The zero-order valence-corrected chi connectivity index (χ0v) is 15.9. The summed E-state index contributed by atoms with van der Waals surface area (Å²) in [5.74, 6) is -0.850. The molecule has 0 aromatic heterocycles. The van der Waals surface area contributed by atoms with E-state index >= 15 is 0 Å². The van der Waals surface area contributed by atoms with Crippen molar-refractivity contribution in [3.05, 3.63) is 89.7 Å². The fourth-order valence-corrected chi connectivity index (χ4v) is 3.01. The number of halogens is 2. The second-order valence-electron chi connectivity index (χ2n) is 6.03. The lowest BCUT2D eigenvalue weighted by Crippen LogP contribution is -2.16. The van der Waals surface area contributed by atoms with Crippen LogP contribution in [0.2, 0.25) is 0 Å². The van der Waals surface area contributed by atoms with Crippen LogP contribution >= 0.6 is 15.9 Å². The number of hydrogen-bond donors (Lipinski definition) is 0. The summed E-state index contributed by atoms with van der Waals surface area (Å²) in [7, 11) is 0. The Morgan fingerprint density at radius 1 is 1.04 bits per heavy atom. The molecule has 0 spiro atoms. The van der Waals surface area contributed by atoms with Crippen molar-refractivity contribution in [1.82, 2.24) is 0 Å². The Kier molecular flexibility index (Phi) is 5.84. The molecule has 132 valence electrons. The molecule has 3 aromatic rings. The highest BCUT2D eigenvalue weighted by molar-refractivity contribution is 9.08. The van der Waals surface area contributed by atoms with Gasteiger partial charge >= 0.3 is 5.97 Å². The molecule has 0 radical (unpaired) electrons.